The van der Waals surface area contributed by atoms with E-state index >= 15 is 0 Å². The predicted molar refractivity (Wildman–Crippen MR) is 128 cm³/mol. The van der Waals surface area contributed by atoms with E-state index in [0.29, 0.717) is 30.0 Å². The van der Waals surface area contributed by atoms with Crippen LogP contribution in [0.5, 0.6) is 17.2 Å². The van der Waals surface area contributed by atoms with Gasteiger partial charge in [0.25, 0.3) is 0 Å². The molecule has 2 unspecified atom stereocenters. The molecular formula is C26H32N2O7. The second kappa shape index (κ2) is 12.1. The van der Waals surface area contributed by atoms with Crippen molar-refractivity contribution in [2.45, 2.75) is 45.7 Å². The Kier molecular flexibility index (Phi) is 8.94. The minimum atomic E-state index is -1.05. The van der Waals surface area contributed by atoms with Gasteiger partial charge in [-0.3, -0.25) is 14.4 Å². The first-order valence-electron chi connectivity index (χ1n) is 11.6. The van der Waals surface area contributed by atoms with E-state index in [1.807, 2.05) is 38.1 Å². The van der Waals surface area contributed by atoms with E-state index in [4.69, 9.17) is 14.2 Å². The molecule has 188 valence electrons. The molecule has 2 amide bonds. The molecule has 2 aromatic carbocycles. The summed E-state index contributed by atoms with van der Waals surface area (Å²) in [7, 11) is 1.59. The molecule has 0 aliphatic carbocycles. The van der Waals surface area contributed by atoms with Gasteiger partial charge < -0.3 is 30.0 Å². The molecular weight excluding hydrogens is 452 g/mol. The Hall–Kier alpha value is -3.75. The summed E-state index contributed by atoms with van der Waals surface area (Å²) in [5.41, 5.74) is 1.51. The number of carboxylic acid groups (broad SMARTS) is 1. The van der Waals surface area contributed by atoms with Gasteiger partial charge in [-0.15, -0.1) is 0 Å². The SMILES string of the molecule is COc1ccc(CNC(=O)C(CC(=O)NC(CC(=O)O)c2ccc3c(c2)OCO3)CC(C)C)cc1. The van der Waals surface area contributed by atoms with E-state index < -0.39 is 17.9 Å². The number of carboxylic acids is 1. The Labute approximate surface area is 204 Å². The van der Waals surface area contributed by atoms with Crippen LogP contribution in [0.25, 0.3) is 0 Å². The molecule has 1 aliphatic rings. The molecule has 0 saturated carbocycles. The lowest BCUT2D eigenvalue weighted by Gasteiger charge is -2.22. The molecule has 0 bridgehead atoms. The fourth-order valence-corrected chi connectivity index (χ4v) is 3.96. The Bertz CT molecular complexity index is 1040. The number of carbonyl (C=O) groups excluding carboxylic acids is 2. The van der Waals surface area contributed by atoms with E-state index in [1.165, 1.54) is 0 Å². The van der Waals surface area contributed by atoms with E-state index in [1.54, 1.807) is 25.3 Å². The summed E-state index contributed by atoms with van der Waals surface area (Å²) in [6.45, 7) is 4.40. The van der Waals surface area contributed by atoms with Crippen LogP contribution < -0.4 is 24.8 Å². The largest absolute Gasteiger partial charge is 0.497 e. The standard InChI is InChI=1S/C26H32N2O7/c1-16(2)10-19(26(32)27-14-17-4-7-20(33-3)8-5-17)12-24(29)28-21(13-25(30)31)18-6-9-22-23(11-18)35-15-34-22/h4-9,11,16,19,21H,10,12-15H2,1-3H3,(H,27,32)(H,28,29)(H,30,31). The Balaban J connectivity index is 1.64. The highest BCUT2D eigenvalue weighted by molar-refractivity contribution is 5.86. The number of methoxy groups -OCH3 is 1. The molecule has 35 heavy (non-hydrogen) atoms. The summed E-state index contributed by atoms with van der Waals surface area (Å²) in [6.07, 6.45) is 0.173. The van der Waals surface area contributed by atoms with Crippen molar-refractivity contribution in [2.75, 3.05) is 13.9 Å². The number of ether oxygens (including phenoxy) is 3. The maximum absolute atomic E-state index is 12.9. The molecule has 2 aromatic rings. The predicted octanol–water partition coefficient (Wildman–Crippen LogP) is 3.42. The van der Waals surface area contributed by atoms with Gasteiger partial charge in [-0.25, -0.2) is 0 Å². The van der Waals surface area contributed by atoms with E-state index in [2.05, 4.69) is 10.6 Å². The first-order chi connectivity index (χ1) is 16.7. The van der Waals surface area contributed by atoms with Crippen LogP contribution in [-0.2, 0) is 20.9 Å². The zero-order chi connectivity index (χ0) is 25.4. The number of fused-ring (bicyclic) bond motifs is 1. The Morgan fingerprint density at radius 1 is 1.03 bits per heavy atom. The monoisotopic (exact) mass is 484 g/mol. The smallest absolute Gasteiger partial charge is 0.305 e. The van der Waals surface area contributed by atoms with Gasteiger partial charge in [0.05, 0.1) is 19.6 Å². The third-order valence-corrected chi connectivity index (χ3v) is 5.70. The summed E-state index contributed by atoms with van der Waals surface area (Å²) >= 11 is 0. The van der Waals surface area contributed by atoms with Crippen LogP contribution in [0.1, 0.15) is 50.3 Å². The average Bonchev–Trinajstić information content (AvgIpc) is 3.29. The maximum atomic E-state index is 12.9. The van der Waals surface area contributed by atoms with Crippen LogP contribution in [0.15, 0.2) is 42.5 Å². The summed E-state index contributed by atoms with van der Waals surface area (Å²) in [5.74, 6) is -0.209. The minimum Gasteiger partial charge on any atom is -0.497 e. The van der Waals surface area contributed by atoms with Crippen molar-refractivity contribution >= 4 is 17.8 Å². The Morgan fingerprint density at radius 2 is 1.74 bits per heavy atom. The van der Waals surface area contributed by atoms with E-state index in [0.717, 1.165) is 11.3 Å². The van der Waals surface area contributed by atoms with E-state index in [9.17, 15) is 19.5 Å². The Morgan fingerprint density at radius 3 is 2.40 bits per heavy atom. The minimum absolute atomic E-state index is 0.0483. The van der Waals surface area contributed by atoms with E-state index in [-0.39, 0.29) is 37.4 Å². The highest BCUT2D eigenvalue weighted by atomic mass is 16.7. The van der Waals surface area contributed by atoms with Gasteiger partial charge in [0.15, 0.2) is 11.5 Å². The summed E-state index contributed by atoms with van der Waals surface area (Å²) in [6, 6.07) is 11.7. The van der Waals surface area contributed by atoms with Crippen molar-refractivity contribution in [3.05, 3.63) is 53.6 Å². The molecule has 0 aromatic heterocycles. The van der Waals surface area contributed by atoms with Crippen LogP contribution in [0.3, 0.4) is 0 Å². The first-order valence-corrected chi connectivity index (χ1v) is 11.6. The van der Waals surface area contributed by atoms with Crippen LogP contribution in [0.4, 0.5) is 0 Å². The molecule has 1 heterocycles. The fourth-order valence-electron chi connectivity index (χ4n) is 3.96. The number of benzene rings is 2. The normalized spacial score (nSPS) is 13.7. The summed E-state index contributed by atoms with van der Waals surface area (Å²) in [4.78, 5) is 37.3. The molecule has 3 rings (SSSR count). The molecule has 9 nitrogen and oxygen atoms in total. The lowest BCUT2D eigenvalue weighted by molar-refractivity contribution is -0.138. The topological polar surface area (TPSA) is 123 Å². The lowest BCUT2D eigenvalue weighted by atomic mass is 9.92. The van der Waals surface area contributed by atoms with Gasteiger partial charge in [-0.2, -0.15) is 0 Å². The van der Waals surface area contributed by atoms with Gasteiger partial charge >= 0.3 is 5.97 Å². The molecule has 0 fully saturated rings. The van der Waals surface area contributed by atoms with Crippen LogP contribution in [-0.4, -0.2) is 36.8 Å². The highest BCUT2D eigenvalue weighted by Crippen LogP contribution is 2.35. The number of rotatable bonds is 12. The third kappa shape index (κ3) is 7.63. The van der Waals surface area contributed by atoms with Crippen molar-refractivity contribution < 1.29 is 33.7 Å². The van der Waals surface area contributed by atoms with Crippen molar-refractivity contribution in [3.8, 4) is 17.2 Å². The number of amides is 2. The maximum Gasteiger partial charge on any atom is 0.305 e. The second-order valence-corrected chi connectivity index (χ2v) is 8.93. The summed E-state index contributed by atoms with van der Waals surface area (Å²) < 4.78 is 15.8. The van der Waals surface area contributed by atoms with Crippen LogP contribution in [0, 0.1) is 11.8 Å². The fraction of sp³-hybridized carbons (Fsp3) is 0.423. The van der Waals surface area contributed by atoms with Gasteiger partial charge in [-0.05, 0) is 47.7 Å². The van der Waals surface area contributed by atoms with Gasteiger partial charge in [0.1, 0.15) is 5.75 Å². The quantitative estimate of drug-likeness (QED) is 0.422. The average molecular weight is 485 g/mol. The molecule has 1 aliphatic heterocycles. The van der Waals surface area contributed by atoms with Crippen LogP contribution in [0.2, 0.25) is 0 Å². The number of hydrogen-bond acceptors (Lipinski definition) is 6. The zero-order valence-corrected chi connectivity index (χ0v) is 20.2. The van der Waals surface area contributed by atoms with Gasteiger partial charge in [0, 0.05) is 18.9 Å². The molecule has 0 saturated heterocycles. The number of hydrogen-bond donors (Lipinski definition) is 3. The second-order valence-electron chi connectivity index (χ2n) is 8.93. The van der Waals surface area contributed by atoms with Crippen molar-refractivity contribution in [3.63, 3.8) is 0 Å². The third-order valence-electron chi connectivity index (χ3n) is 5.70. The molecule has 3 N–H and O–H groups in total. The number of aliphatic carboxylic acids is 1. The van der Waals surface area contributed by atoms with Crippen molar-refractivity contribution in [1.29, 1.82) is 0 Å². The summed E-state index contributed by atoms with van der Waals surface area (Å²) in [5, 5.41) is 15.1. The lowest BCUT2D eigenvalue weighted by Crippen LogP contribution is -2.37. The van der Waals surface area contributed by atoms with Gasteiger partial charge in [0.2, 0.25) is 18.6 Å². The number of nitrogens with one attached hydrogen (secondary N) is 2. The number of carbonyl (C=O) groups is 3. The highest BCUT2D eigenvalue weighted by Gasteiger charge is 2.26. The molecule has 0 spiro atoms. The van der Waals surface area contributed by atoms with Crippen molar-refractivity contribution in [1.82, 2.24) is 10.6 Å². The molecule has 0 radical (unpaired) electrons. The van der Waals surface area contributed by atoms with Crippen molar-refractivity contribution in [2.24, 2.45) is 11.8 Å². The van der Waals surface area contributed by atoms with Gasteiger partial charge in [-0.1, -0.05) is 32.0 Å². The van der Waals surface area contributed by atoms with Crippen LogP contribution >= 0.6 is 0 Å². The molecule has 9 heteroatoms. The first kappa shape index (κ1) is 25.9. The molecule has 2 atom stereocenters. The zero-order valence-electron chi connectivity index (χ0n) is 20.2.